The van der Waals surface area contributed by atoms with Crippen molar-refractivity contribution in [2.24, 2.45) is 0 Å². The van der Waals surface area contributed by atoms with Crippen LogP contribution < -0.4 is 5.32 Å². The Balaban J connectivity index is 2.03. The Morgan fingerprint density at radius 3 is 2.89 bits per heavy atom. The van der Waals surface area contributed by atoms with Gasteiger partial charge in [-0.05, 0) is 42.8 Å². The Hall–Kier alpha value is -2.49. The van der Waals surface area contributed by atoms with Crippen molar-refractivity contribution in [2.45, 2.75) is 6.92 Å². The van der Waals surface area contributed by atoms with Crippen molar-refractivity contribution in [3.05, 3.63) is 54.0 Å². The van der Waals surface area contributed by atoms with Gasteiger partial charge in [-0.25, -0.2) is 0 Å². The number of carbonyl (C=O) groups excluding carboxylic acids is 1. The highest BCUT2D eigenvalue weighted by molar-refractivity contribution is 6.02. The number of rotatable bonds is 3. The van der Waals surface area contributed by atoms with Crippen molar-refractivity contribution in [3.63, 3.8) is 0 Å². The van der Waals surface area contributed by atoms with E-state index in [2.05, 4.69) is 5.32 Å². The number of phenolic OH excluding ortho intramolecular Hbond substituents is 1. The number of anilines is 1. The van der Waals surface area contributed by atoms with Crippen LogP contribution in [0, 0.1) is 6.92 Å². The third kappa shape index (κ3) is 3.01. The first kappa shape index (κ1) is 12.0. The second kappa shape index (κ2) is 5.23. The van der Waals surface area contributed by atoms with Crippen molar-refractivity contribution in [1.29, 1.82) is 0 Å². The molecule has 0 atom stereocenters. The first-order chi connectivity index (χ1) is 8.65. The van der Waals surface area contributed by atoms with Crippen molar-refractivity contribution in [1.82, 2.24) is 0 Å². The summed E-state index contributed by atoms with van der Waals surface area (Å²) in [5.74, 6) is 0.318. The number of carbonyl (C=O) groups is 1. The third-order valence-electron chi connectivity index (χ3n) is 2.35. The molecular formula is C14H13NO3. The molecule has 92 valence electrons. The lowest BCUT2D eigenvalue weighted by atomic mass is 10.2. The van der Waals surface area contributed by atoms with E-state index in [9.17, 15) is 9.90 Å². The monoisotopic (exact) mass is 243 g/mol. The molecule has 1 aromatic carbocycles. The summed E-state index contributed by atoms with van der Waals surface area (Å²) in [5.41, 5.74) is 1.31. The highest BCUT2D eigenvalue weighted by Crippen LogP contribution is 2.23. The molecule has 4 nitrogen and oxygen atoms in total. The van der Waals surface area contributed by atoms with Gasteiger partial charge in [-0.3, -0.25) is 4.79 Å². The molecule has 0 fully saturated rings. The van der Waals surface area contributed by atoms with E-state index < -0.39 is 0 Å². The summed E-state index contributed by atoms with van der Waals surface area (Å²) in [7, 11) is 0. The maximum Gasteiger partial charge on any atom is 0.248 e. The summed E-state index contributed by atoms with van der Waals surface area (Å²) in [5, 5.41) is 12.2. The molecule has 4 heteroatoms. The van der Waals surface area contributed by atoms with Crippen LogP contribution in [-0.2, 0) is 4.79 Å². The first-order valence-corrected chi connectivity index (χ1v) is 5.47. The van der Waals surface area contributed by atoms with Crippen LogP contribution >= 0.6 is 0 Å². The van der Waals surface area contributed by atoms with Gasteiger partial charge in [-0.2, -0.15) is 0 Å². The lowest BCUT2D eigenvalue weighted by Gasteiger charge is -2.05. The van der Waals surface area contributed by atoms with E-state index in [1.165, 1.54) is 12.3 Å². The molecule has 1 amide bonds. The van der Waals surface area contributed by atoms with Crippen LogP contribution in [0.15, 0.2) is 47.1 Å². The Kier molecular flexibility index (Phi) is 3.48. The number of nitrogens with one attached hydrogen (secondary N) is 1. The van der Waals surface area contributed by atoms with E-state index >= 15 is 0 Å². The van der Waals surface area contributed by atoms with Crippen LogP contribution in [0.2, 0.25) is 0 Å². The third-order valence-corrected chi connectivity index (χ3v) is 2.35. The topological polar surface area (TPSA) is 62.5 Å². The second-order valence-electron chi connectivity index (χ2n) is 3.86. The van der Waals surface area contributed by atoms with Gasteiger partial charge in [-0.15, -0.1) is 0 Å². The molecular weight excluding hydrogens is 230 g/mol. The fourth-order valence-electron chi connectivity index (χ4n) is 1.47. The van der Waals surface area contributed by atoms with Gasteiger partial charge in [0, 0.05) is 6.08 Å². The van der Waals surface area contributed by atoms with E-state index in [1.54, 1.807) is 30.3 Å². The second-order valence-corrected chi connectivity index (χ2v) is 3.86. The molecule has 18 heavy (non-hydrogen) atoms. The van der Waals surface area contributed by atoms with Crippen LogP contribution in [0.5, 0.6) is 5.75 Å². The van der Waals surface area contributed by atoms with Gasteiger partial charge in [0.05, 0.1) is 12.0 Å². The smallest absolute Gasteiger partial charge is 0.248 e. The minimum atomic E-state index is -0.328. The molecule has 2 rings (SSSR count). The minimum Gasteiger partial charge on any atom is -0.506 e. The number of hydrogen-bond donors (Lipinski definition) is 2. The molecule has 2 N–H and O–H groups in total. The van der Waals surface area contributed by atoms with Gasteiger partial charge in [0.2, 0.25) is 5.91 Å². The Morgan fingerprint density at radius 1 is 1.39 bits per heavy atom. The molecule has 0 aliphatic heterocycles. The van der Waals surface area contributed by atoms with Crippen LogP contribution in [0.1, 0.15) is 11.3 Å². The van der Waals surface area contributed by atoms with Crippen LogP contribution in [0.3, 0.4) is 0 Å². The van der Waals surface area contributed by atoms with E-state index in [4.69, 9.17) is 4.42 Å². The van der Waals surface area contributed by atoms with Gasteiger partial charge in [-0.1, -0.05) is 6.07 Å². The number of aromatic hydroxyl groups is 1. The summed E-state index contributed by atoms with van der Waals surface area (Å²) in [6.07, 6.45) is 4.43. The van der Waals surface area contributed by atoms with E-state index in [-0.39, 0.29) is 11.7 Å². The van der Waals surface area contributed by atoms with Gasteiger partial charge >= 0.3 is 0 Å². The van der Waals surface area contributed by atoms with Gasteiger partial charge in [0.15, 0.2) is 0 Å². The highest BCUT2D eigenvalue weighted by Gasteiger charge is 2.03. The molecule has 1 heterocycles. The van der Waals surface area contributed by atoms with E-state index in [0.717, 1.165) is 5.56 Å². The quantitative estimate of drug-likeness (QED) is 0.643. The SMILES string of the molecule is Cc1ccc(NC(=O)/C=C/c2ccco2)c(O)c1. The molecule has 1 aromatic heterocycles. The molecule has 0 bridgehead atoms. The van der Waals surface area contributed by atoms with Crippen LogP contribution in [-0.4, -0.2) is 11.0 Å². The molecule has 0 saturated carbocycles. The highest BCUT2D eigenvalue weighted by atomic mass is 16.3. The largest absolute Gasteiger partial charge is 0.506 e. The number of aryl methyl sites for hydroxylation is 1. The zero-order chi connectivity index (χ0) is 13.0. The van der Waals surface area contributed by atoms with Crippen molar-refractivity contribution in [3.8, 4) is 5.75 Å². The van der Waals surface area contributed by atoms with Crippen LogP contribution in [0.25, 0.3) is 6.08 Å². The summed E-state index contributed by atoms with van der Waals surface area (Å²) in [4.78, 5) is 11.6. The summed E-state index contributed by atoms with van der Waals surface area (Å²) < 4.78 is 5.06. The number of amides is 1. The van der Waals surface area contributed by atoms with Crippen molar-refractivity contribution < 1.29 is 14.3 Å². The summed E-state index contributed by atoms with van der Waals surface area (Å²) in [6, 6.07) is 8.54. The standard InChI is InChI=1S/C14H13NO3/c1-10-4-6-12(13(16)9-10)15-14(17)7-5-11-3-2-8-18-11/h2-9,16H,1H3,(H,15,17)/b7-5+. The Bertz CT molecular complexity index is 571. The average molecular weight is 243 g/mol. The van der Waals surface area contributed by atoms with Crippen molar-refractivity contribution >= 4 is 17.7 Å². The zero-order valence-electron chi connectivity index (χ0n) is 9.88. The Morgan fingerprint density at radius 2 is 2.22 bits per heavy atom. The maximum atomic E-state index is 11.6. The van der Waals surface area contributed by atoms with E-state index in [1.807, 2.05) is 13.0 Å². The molecule has 0 saturated heterocycles. The fraction of sp³-hybridized carbons (Fsp3) is 0.0714. The lowest BCUT2D eigenvalue weighted by molar-refractivity contribution is -0.111. The first-order valence-electron chi connectivity index (χ1n) is 5.47. The van der Waals surface area contributed by atoms with E-state index in [0.29, 0.717) is 11.4 Å². The predicted octanol–water partition coefficient (Wildman–Crippen LogP) is 2.95. The average Bonchev–Trinajstić information content (AvgIpc) is 2.83. The fourth-order valence-corrected chi connectivity index (χ4v) is 1.47. The molecule has 0 radical (unpaired) electrons. The number of benzene rings is 1. The minimum absolute atomic E-state index is 0.0507. The lowest BCUT2D eigenvalue weighted by Crippen LogP contribution is -2.07. The number of phenols is 1. The normalized spacial score (nSPS) is 10.7. The number of hydrogen-bond acceptors (Lipinski definition) is 3. The predicted molar refractivity (Wildman–Crippen MR) is 69.2 cm³/mol. The van der Waals surface area contributed by atoms with Crippen molar-refractivity contribution in [2.75, 3.05) is 5.32 Å². The van der Waals surface area contributed by atoms with Gasteiger partial charge < -0.3 is 14.8 Å². The molecule has 0 spiro atoms. The summed E-state index contributed by atoms with van der Waals surface area (Å²) in [6.45, 7) is 1.86. The molecule has 0 unspecified atom stereocenters. The summed E-state index contributed by atoms with van der Waals surface area (Å²) >= 11 is 0. The zero-order valence-corrected chi connectivity index (χ0v) is 9.88. The van der Waals surface area contributed by atoms with Crippen LogP contribution in [0.4, 0.5) is 5.69 Å². The van der Waals surface area contributed by atoms with Gasteiger partial charge in [0.25, 0.3) is 0 Å². The molecule has 2 aromatic rings. The Labute approximate surface area is 105 Å². The maximum absolute atomic E-state index is 11.6. The van der Waals surface area contributed by atoms with Gasteiger partial charge in [0.1, 0.15) is 11.5 Å². The molecule has 0 aliphatic rings. The number of furan rings is 1. The molecule has 0 aliphatic carbocycles.